The molecule has 2 aliphatic rings. The van der Waals surface area contributed by atoms with Gasteiger partial charge in [-0.05, 0) is 46.5 Å². The molecule has 0 saturated carbocycles. The van der Waals surface area contributed by atoms with Crippen LogP contribution in [-0.4, -0.2) is 90.4 Å². The van der Waals surface area contributed by atoms with Crippen LogP contribution in [0.4, 0.5) is 10.7 Å². The fourth-order valence-electron chi connectivity index (χ4n) is 5.30. The third-order valence-electron chi connectivity index (χ3n) is 7.35. The molecule has 0 aromatic carbocycles. The predicted molar refractivity (Wildman–Crippen MR) is 147 cm³/mol. The first kappa shape index (κ1) is 28.1. The number of aryl methyl sites for hydroxylation is 2. The minimum Gasteiger partial charge on any atom is -0.444 e. The van der Waals surface area contributed by atoms with E-state index in [0.29, 0.717) is 56.1 Å². The number of rotatable bonds is 5. The molecule has 2 aliphatic heterocycles. The highest BCUT2D eigenvalue weighted by atomic mass is 32.2. The van der Waals surface area contributed by atoms with E-state index in [-0.39, 0.29) is 28.8 Å². The maximum atomic E-state index is 13.3. The molecule has 5 rings (SSSR count). The number of ether oxygens (including phenoxy) is 1. The molecule has 3 aromatic heterocycles. The lowest BCUT2D eigenvalue weighted by Gasteiger charge is -2.34. The summed E-state index contributed by atoms with van der Waals surface area (Å²) in [5.41, 5.74) is 0.277. The van der Waals surface area contributed by atoms with Gasteiger partial charge in [0.1, 0.15) is 16.0 Å². The van der Waals surface area contributed by atoms with Crippen LogP contribution in [0.1, 0.15) is 52.5 Å². The third kappa shape index (κ3) is 5.57. The van der Waals surface area contributed by atoms with Gasteiger partial charge >= 0.3 is 11.8 Å². The molecule has 1 N–H and O–H groups in total. The molecular weight excluding hydrogens is 538 g/mol. The van der Waals surface area contributed by atoms with Crippen LogP contribution in [0, 0.1) is 0 Å². The summed E-state index contributed by atoms with van der Waals surface area (Å²) >= 11 is 0. The second-order valence-corrected chi connectivity index (χ2v) is 13.4. The summed E-state index contributed by atoms with van der Waals surface area (Å²) in [6.07, 6.45) is 6.73. The van der Waals surface area contributed by atoms with E-state index in [1.165, 1.54) is 25.9 Å². The first-order valence-electron chi connectivity index (χ1n) is 13.5. The molecular formula is C25H37N9O5S. The highest BCUT2D eigenvalue weighted by Crippen LogP contribution is 2.26. The standard InChI is InChI=1S/C25H37N9O5S/c1-25(2,3)39-24(36)32-10-6-7-18(15-32)34-21-20(31(5)23(34)35)14-26-22(29-21)28-17-8-11-33(12-9-17)40(37,38)19-13-27-30(4)16-19/h13-14,16-18H,6-12,15H2,1-5H3,(H,26,28,29). The number of amides is 1. The SMILES string of the molecule is Cn1cc(S(=O)(=O)N2CCC(Nc3ncc4c(n3)n(C3CCCN(C(=O)OC(C)(C)C)C3)c(=O)n4C)CC2)cn1. The van der Waals surface area contributed by atoms with E-state index >= 15 is 0 Å². The number of fused-ring (bicyclic) bond motifs is 1. The molecule has 0 bridgehead atoms. The number of imidazole rings is 1. The summed E-state index contributed by atoms with van der Waals surface area (Å²) in [7, 11) is -0.225. The van der Waals surface area contributed by atoms with Crippen molar-refractivity contribution in [3.63, 3.8) is 0 Å². The van der Waals surface area contributed by atoms with Gasteiger partial charge in [-0.25, -0.2) is 23.0 Å². The third-order valence-corrected chi connectivity index (χ3v) is 9.20. The first-order chi connectivity index (χ1) is 18.8. The lowest BCUT2D eigenvalue weighted by Crippen LogP contribution is -2.45. The van der Waals surface area contributed by atoms with Gasteiger partial charge in [-0.3, -0.25) is 13.8 Å². The molecule has 1 amide bonds. The van der Waals surface area contributed by atoms with Gasteiger partial charge in [-0.15, -0.1) is 0 Å². The Bertz CT molecular complexity index is 1560. The summed E-state index contributed by atoms with van der Waals surface area (Å²) in [6, 6.07) is -0.278. The molecule has 1 unspecified atom stereocenters. The van der Waals surface area contributed by atoms with E-state index in [9.17, 15) is 18.0 Å². The molecule has 5 heterocycles. The van der Waals surface area contributed by atoms with Crippen molar-refractivity contribution in [1.82, 2.24) is 38.1 Å². The molecule has 2 fully saturated rings. The number of nitrogens with zero attached hydrogens (tertiary/aromatic N) is 8. The zero-order valence-corrected chi connectivity index (χ0v) is 24.4. The molecule has 218 valence electrons. The molecule has 15 heteroatoms. The number of piperidine rings is 2. The highest BCUT2D eigenvalue weighted by Gasteiger charge is 2.32. The van der Waals surface area contributed by atoms with Crippen molar-refractivity contribution in [3.8, 4) is 0 Å². The number of anilines is 1. The lowest BCUT2D eigenvalue weighted by molar-refractivity contribution is 0.0172. The smallest absolute Gasteiger partial charge is 0.410 e. The van der Waals surface area contributed by atoms with E-state index in [1.54, 1.807) is 29.8 Å². The predicted octanol–water partition coefficient (Wildman–Crippen LogP) is 1.70. The Morgan fingerprint density at radius 2 is 1.82 bits per heavy atom. The van der Waals surface area contributed by atoms with Gasteiger partial charge in [-0.1, -0.05) is 0 Å². The van der Waals surface area contributed by atoms with Crippen LogP contribution in [0.5, 0.6) is 0 Å². The number of sulfonamides is 1. The van der Waals surface area contributed by atoms with Gasteiger partial charge < -0.3 is 15.0 Å². The number of carbonyl (C=O) groups is 1. The van der Waals surface area contributed by atoms with Gasteiger partial charge in [0.05, 0.1) is 18.4 Å². The van der Waals surface area contributed by atoms with Gasteiger partial charge in [0.25, 0.3) is 0 Å². The maximum absolute atomic E-state index is 13.3. The summed E-state index contributed by atoms with van der Waals surface area (Å²) in [6.45, 7) is 7.13. The topological polar surface area (TPSA) is 149 Å². The number of carbonyl (C=O) groups excluding carboxylic acids is 1. The number of nitrogens with one attached hydrogen (secondary N) is 1. The van der Waals surface area contributed by atoms with Crippen molar-refractivity contribution in [2.24, 2.45) is 14.1 Å². The molecule has 0 spiro atoms. The largest absolute Gasteiger partial charge is 0.444 e. The summed E-state index contributed by atoms with van der Waals surface area (Å²) in [5, 5.41) is 7.31. The second-order valence-electron chi connectivity index (χ2n) is 11.5. The summed E-state index contributed by atoms with van der Waals surface area (Å²) in [5.74, 6) is 0.375. The zero-order chi connectivity index (χ0) is 28.8. The molecule has 0 aliphatic carbocycles. The van der Waals surface area contributed by atoms with Gasteiger partial charge in [0, 0.05) is 52.5 Å². The quantitative estimate of drug-likeness (QED) is 0.480. The van der Waals surface area contributed by atoms with Crippen LogP contribution in [0.3, 0.4) is 0 Å². The van der Waals surface area contributed by atoms with Crippen molar-refractivity contribution in [2.45, 2.75) is 69.0 Å². The Labute approximate surface area is 233 Å². The van der Waals surface area contributed by atoms with Gasteiger partial charge in [0.15, 0.2) is 5.65 Å². The van der Waals surface area contributed by atoms with E-state index in [2.05, 4.69) is 15.4 Å². The molecule has 3 aromatic rings. The number of aromatic nitrogens is 6. The fraction of sp³-hybridized carbons (Fsp3) is 0.640. The molecule has 2 saturated heterocycles. The van der Waals surface area contributed by atoms with E-state index in [0.717, 1.165) is 12.8 Å². The van der Waals surface area contributed by atoms with E-state index in [4.69, 9.17) is 9.72 Å². The van der Waals surface area contributed by atoms with Crippen molar-refractivity contribution in [2.75, 3.05) is 31.5 Å². The Hall–Kier alpha value is -3.46. The van der Waals surface area contributed by atoms with Crippen LogP contribution in [0.2, 0.25) is 0 Å². The first-order valence-corrected chi connectivity index (χ1v) is 14.9. The average Bonchev–Trinajstić information content (AvgIpc) is 3.45. The Balaban J connectivity index is 1.31. The van der Waals surface area contributed by atoms with Crippen molar-refractivity contribution < 1.29 is 17.9 Å². The molecule has 40 heavy (non-hydrogen) atoms. The molecule has 14 nitrogen and oxygen atoms in total. The maximum Gasteiger partial charge on any atom is 0.410 e. The minimum absolute atomic E-state index is 0.0287. The van der Waals surface area contributed by atoms with E-state index in [1.807, 2.05) is 20.8 Å². The monoisotopic (exact) mass is 575 g/mol. The normalized spacial score (nSPS) is 19.7. The van der Waals surface area contributed by atoms with Crippen LogP contribution >= 0.6 is 0 Å². The second kappa shape index (κ2) is 10.5. The van der Waals surface area contributed by atoms with Gasteiger partial charge in [-0.2, -0.15) is 14.4 Å². The molecule has 0 radical (unpaired) electrons. The van der Waals surface area contributed by atoms with Gasteiger partial charge in [0.2, 0.25) is 16.0 Å². The minimum atomic E-state index is -3.59. The Morgan fingerprint density at radius 1 is 1.10 bits per heavy atom. The number of likely N-dealkylation sites (tertiary alicyclic amines) is 1. The Kier molecular flexibility index (Phi) is 7.37. The Morgan fingerprint density at radius 3 is 2.48 bits per heavy atom. The van der Waals surface area contributed by atoms with Crippen molar-refractivity contribution in [3.05, 3.63) is 29.1 Å². The average molecular weight is 576 g/mol. The van der Waals surface area contributed by atoms with Crippen LogP contribution < -0.4 is 11.0 Å². The van der Waals surface area contributed by atoms with Crippen LogP contribution in [-0.2, 0) is 28.9 Å². The molecule has 1 atom stereocenters. The van der Waals surface area contributed by atoms with Crippen LogP contribution in [0.15, 0.2) is 28.3 Å². The summed E-state index contributed by atoms with van der Waals surface area (Å²) in [4.78, 5) is 37.0. The number of hydrogen-bond acceptors (Lipinski definition) is 9. The van der Waals surface area contributed by atoms with E-state index < -0.39 is 15.6 Å². The zero-order valence-electron chi connectivity index (χ0n) is 23.6. The van der Waals surface area contributed by atoms with Crippen LogP contribution in [0.25, 0.3) is 11.2 Å². The lowest BCUT2D eigenvalue weighted by atomic mass is 10.1. The summed E-state index contributed by atoms with van der Waals surface area (Å²) < 4.78 is 37.5. The number of hydrogen-bond donors (Lipinski definition) is 1. The fourth-order valence-corrected chi connectivity index (χ4v) is 6.75. The van der Waals surface area contributed by atoms with Crippen molar-refractivity contribution >= 4 is 33.2 Å². The van der Waals surface area contributed by atoms with Crippen molar-refractivity contribution in [1.29, 1.82) is 0 Å². The highest BCUT2D eigenvalue weighted by molar-refractivity contribution is 7.89.